The largest absolute Gasteiger partial charge is 0.337 e. The van der Waals surface area contributed by atoms with E-state index in [0.717, 1.165) is 5.56 Å². The van der Waals surface area contributed by atoms with Crippen molar-refractivity contribution in [1.82, 2.24) is 9.21 Å². The molecule has 1 saturated heterocycles. The molecule has 1 aliphatic rings. The Morgan fingerprint density at radius 3 is 2.24 bits per heavy atom. The van der Waals surface area contributed by atoms with Crippen LogP contribution in [0, 0.1) is 6.92 Å². The van der Waals surface area contributed by atoms with Crippen LogP contribution in [0.4, 0.5) is 0 Å². The smallest absolute Gasteiger partial charge is 0.253 e. The summed E-state index contributed by atoms with van der Waals surface area (Å²) in [7, 11) is -3.52. The number of benzene rings is 2. The van der Waals surface area contributed by atoms with Gasteiger partial charge in [-0.15, -0.1) is 0 Å². The van der Waals surface area contributed by atoms with E-state index in [1.54, 1.807) is 41.3 Å². The summed E-state index contributed by atoms with van der Waals surface area (Å²) >= 11 is 0. The van der Waals surface area contributed by atoms with Crippen LogP contribution in [0.3, 0.4) is 0 Å². The molecular formula is C19H22N2O3S. The van der Waals surface area contributed by atoms with E-state index in [4.69, 9.17) is 0 Å². The fourth-order valence-electron chi connectivity index (χ4n) is 2.96. The number of carbonyl (C=O) groups is 1. The quantitative estimate of drug-likeness (QED) is 0.847. The highest BCUT2D eigenvalue weighted by atomic mass is 32.2. The van der Waals surface area contributed by atoms with E-state index in [-0.39, 0.29) is 5.91 Å². The predicted molar refractivity (Wildman–Crippen MR) is 96.9 cm³/mol. The summed E-state index contributed by atoms with van der Waals surface area (Å²) in [4.78, 5) is 14.6. The van der Waals surface area contributed by atoms with Crippen LogP contribution in [0.2, 0.25) is 0 Å². The monoisotopic (exact) mass is 358 g/mol. The van der Waals surface area contributed by atoms with Gasteiger partial charge in [-0.05, 0) is 37.6 Å². The number of hydrogen-bond donors (Lipinski definition) is 0. The van der Waals surface area contributed by atoms with E-state index < -0.39 is 10.0 Å². The molecule has 132 valence electrons. The maximum absolute atomic E-state index is 12.8. The zero-order chi connectivity index (χ0) is 17.9. The Morgan fingerprint density at radius 2 is 1.56 bits per heavy atom. The molecule has 1 amide bonds. The van der Waals surface area contributed by atoms with Crippen molar-refractivity contribution >= 4 is 15.9 Å². The molecule has 0 N–H and O–H groups in total. The Morgan fingerprint density at radius 1 is 0.880 bits per heavy atom. The van der Waals surface area contributed by atoms with Gasteiger partial charge < -0.3 is 4.90 Å². The summed E-state index contributed by atoms with van der Waals surface area (Å²) in [6.45, 7) is 3.63. The lowest BCUT2D eigenvalue weighted by molar-refractivity contribution is 0.0764. The fourth-order valence-corrected chi connectivity index (χ4v) is 4.43. The SMILES string of the molecule is Cc1ccc(S(=O)(=O)N2CCCN(C(=O)c3ccccc3)CC2)cc1. The van der Waals surface area contributed by atoms with Crippen LogP contribution < -0.4 is 0 Å². The summed E-state index contributed by atoms with van der Waals surface area (Å²) in [6.07, 6.45) is 0.629. The van der Waals surface area contributed by atoms with Crippen LogP contribution in [0.5, 0.6) is 0 Å². The van der Waals surface area contributed by atoms with Crippen LogP contribution >= 0.6 is 0 Å². The highest BCUT2D eigenvalue weighted by Crippen LogP contribution is 2.19. The third-order valence-electron chi connectivity index (χ3n) is 4.42. The van der Waals surface area contributed by atoms with E-state index in [0.29, 0.717) is 43.1 Å². The van der Waals surface area contributed by atoms with Crippen LogP contribution in [-0.4, -0.2) is 49.7 Å². The minimum atomic E-state index is -3.52. The third-order valence-corrected chi connectivity index (χ3v) is 6.33. The van der Waals surface area contributed by atoms with E-state index in [1.807, 2.05) is 25.1 Å². The van der Waals surface area contributed by atoms with Gasteiger partial charge in [0.05, 0.1) is 4.90 Å². The molecule has 2 aromatic rings. The molecule has 25 heavy (non-hydrogen) atoms. The van der Waals surface area contributed by atoms with Gasteiger partial charge in [-0.3, -0.25) is 4.79 Å². The first-order chi connectivity index (χ1) is 12.0. The van der Waals surface area contributed by atoms with Crippen molar-refractivity contribution in [2.75, 3.05) is 26.2 Å². The van der Waals surface area contributed by atoms with Crippen LogP contribution in [0.25, 0.3) is 0 Å². The number of rotatable bonds is 3. The zero-order valence-electron chi connectivity index (χ0n) is 14.3. The van der Waals surface area contributed by atoms with Gasteiger partial charge in [-0.2, -0.15) is 4.31 Å². The Hall–Kier alpha value is -2.18. The second kappa shape index (κ2) is 7.37. The summed E-state index contributed by atoms with van der Waals surface area (Å²) in [5.74, 6) is -0.0461. The van der Waals surface area contributed by atoms with Crippen molar-refractivity contribution < 1.29 is 13.2 Å². The van der Waals surface area contributed by atoms with Gasteiger partial charge in [-0.25, -0.2) is 8.42 Å². The fraction of sp³-hybridized carbons (Fsp3) is 0.316. The van der Waals surface area contributed by atoms with E-state index >= 15 is 0 Å². The molecular weight excluding hydrogens is 336 g/mol. The lowest BCUT2D eigenvalue weighted by atomic mass is 10.2. The average Bonchev–Trinajstić information content (AvgIpc) is 2.89. The molecule has 1 aliphatic heterocycles. The van der Waals surface area contributed by atoms with Gasteiger partial charge in [0.25, 0.3) is 5.91 Å². The molecule has 0 bridgehead atoms. The van der Waals surface area contributed by atoms with Crippen LogP contribution in [0.15, 0.2) is 59.5 Å². The Kier molecular flexibility index (Phi) is 5.20. The molecule has 0 atom stereocenters. The molecule has 0 spiro atoms. The van der Waals surface area contributed by atoms with Crippen molar-refractivity contribution in [2.24, 2.45) is 0 Å². The standard InChI is InChI=1S/C19H22N2O3S/c1-16-8-10-18(11-9-16)25(23,24)21-13-5-12-20(14-15-21)19(22)17-6-3-2-4-7-17/h2-4,6-11H,5,12-15H2,1H3. The average molecular weight is 358 g/mol. The second-order valence-electron chi connectivity index (χ2n) is 6.23. The van der Waals surface area contributed by atoms with Crippen LogP contribution in [-0.2, 0) is 10.0 Å². The molecule has 0 radical (unpaired) electrons. The molecule has 6 heteroatoms. The van der Waals surface area contributed by atoms with Crippen molar-refractivity contribution in [2.45, 2.75) is 18.2 Å². The molecule has 1 fully saturated rings. The highest BCUT2D eigenvalue weighted by Gasteiger charge is 2.28. The zero-order valence-corrected chi connectivity index (χ0v) is 15.1. The summed E-state index contributed by atoms with van der Waals surface area (Å²) in [5, 5.41) is 0. The number of nitrogens with zero attached hydrogens (tertiary/aromatic N) is 2. The van der Waals surface area contributed by atoms with Crippen molar-refractivity contribution in [1.29, 1.82) is 0 Å². The van der Waals surface area contributed by atoms with Gasteiger partial charge >= 0.3 is 0 Å². The van der Waals surface area contributed by atoms with Crippen molar-refractivity contribution in [3.05, 3.63) is 65.7 Å². The normalized spacial score (nSPS) is 16.4. The topological polar surface area (TPSA) is 57.7 Å². The molecule has 3 rings (SSSR count). The van der Waals surface area contributed by atoms with Gasteiger partial charge in [0.1, 0.15) is 0 Å². The Balaban J connectivity index is 1.73. The Labute approximate surface area is 148 Å². The van der Waals surface area contributed by atoms with Crippen LogP contribution in [0.1, 0.15) is 22.3 Å². The van der Waals surface area contributed by atoms with E-state index in [2.05, 4.69) is 0 Å². The lowest BCUT2D eigenvalue weighted by Crippen LogP contribution is -2.37. The minimum Gasteiger partial charge on any atom is -0.337 e. The second-order valence-corrected chi connectivity index (χ2v) is 8.17. The van der Waals surface area contributed by atoms with Crippen molar-refractivity contribution in [3.8, 4) is 0 Å². The molecule has 0 saturated carbocycles. The van der Waals surface area contributed by atoms with Gasteiger partial charge in [-0.1, -0.05) is 35.9 Å². The van der Waals surface area contributed by atoms with E-state index in [1.165, 1.54) is 4.31 Å². The number of hydrogen-bond acceptors (Lipinski definition) is 3. The number of amides is 1. The summed E-state index contributed by atoms with van der Waals surface area (Å²) in [5.41, 5.74) is 1.66. The first-order valence-corrected chi connectivity index (χ1v) is 9.83. The number of carbonyl (C=O) groups excluding carboxylic acids is 1. The van der Waals surface area contributed by atoms with Crippen molar-refractivity contribution in [3.63, 3.8) is 0 Å². The van der Waals surface area contributed by atoms with Gasteiger partial charge in [0, 0.05) is 31.7 Å². The summed E-state index contributed by atoms with van der Waals surface area (Å²) < 4.78 is 27.1. The Bertz CT molecular complexity index is 833. The summed E-state index contributed by atoms with van der Waals surface area (Å²) in [6, 6.07) is 16.0. The number of sulfonamides is 1. The molecule has 2 aromatic carbocycles. The maximum Gasteiger partial charge on any atom is 0.253 e. The van der Waals surface area contributed by atoms with E-state index in [9.17, 15) is 13.2 Å². The predicted octanol–water partition coefficient (Wildman–Crippen LogP) is 2.53. The molecule has 5 nitrogen and oxygen atoms in total. The first-order valence-electron chi connectivity index (χ1n) is 8.39. The maximum atomic E-state index is 12.8. The van der Waals surface area contributed by atoms with Gasteiger partial charge in [0.2, 0.25) is 10.0 Å². The molecule has 1 heterocycles. The lowest BCUT2D eigenvalue weighted by Gasteiger charge is -2.22. The highest BCUT2D eigenvalue weighted by molar-refractivity contribution is 7.89. The minimum absolute atomic E-state index is 0.0461. The molecule has 0 unspecified atom stereocenters. The molecule has 0 aromatic heterocycles. The molecule has 0 aliphatic carbocycles. The number of aryl methyl sites for hydroxylation is 1. The van der Waals surface area contributed by atoms with Gasteiger partial charge in [0.15, 0.2) is 0 Å². The first kappa shape index (κ1) is 17.6. The third kappa shape index (κ3) is 3.91.